The molecule has 31 heavy (non-hydrogen) atoms. The number of hydrogen-bond donors (Lipinski definition) is 2. The van der Waals surface area contributed by atoms with Crippen LogP contribution in [0.5, 0.6) is 5.75 Å². The number of phenols is 1. The summed E-state index contributed by atoms with van der Waals surface area (Å²) in [6, 6.07) is 3.66. The first-order valence-electron chi connectivity index (χ1n) is 10.8. The number of likely N-dealkylation sites (N-methyl/N-ethyl adjacent to an activating group) is 1. The molecular formula is C23H26F2N4O2. The lowest BCUT2D eigenvalue weighted by atomic mass is 9.94. The van der Waals surface area contributed by atoms with Crippen molar-refractivity contribution in [2.45, 2.75) is 44.8 Å². The van der Waals surface area contributed by atoms with Crippen molar-refractivity contribution in [3.63, 3.8) is 0 Å². The normalized spacial score (nSPS) is 21.0. The summed E-state index contributed by atoms with van der Waals surface area (Å²) in [6.07, 6.45) is 1.84. The molecule has 0 amide bonds. The van der Waals surface area contributed by atoms with Gasteiger partial charge in [0.2, 0.25) is 0 Å². The standard InChI is InChI=1S/C23H26F2N4O2/c1-29-9-2-3-13(11-29)26-23-19-12-31-10-8-15(19)20(27-28-23)18-7-4-14-16(21(18)30)5-6-17(14)22(24)25/h4,7,13,30H,2-3,5-6,8-12H2,1H3,(H,26,28)/t13-/m1/s1. The summed E-state index contributed by atoms with van der Waals surface area (Å²) in [5, 5.41) is 23.4. The number of hydrogen-bond acceptors (Lipinski definition) is 6. The Hall–Kier alpha value is -2.58. The van der Waals surface area contributed by atoms with E-state index in [0.717, 1.165) is 42.9 Å². The average molecular weight is 428 g/mol. The Labute approximate surface area is 179 Å². The highest BCUT2D eigenvalue weighted by Crippen LogP contribution is 2.45. The molecule has 1 aliphatic carbocycles. The van der Waals surface area contributed by atoms with E-state index < -0.39 is 6.08 Å². The summed E-state index contributed by atoms with van der Waals surface area (Å²) in [7, 11) is 2.12. The maximum absolute atomic E-state index is 13.2. The van der Waals surface area contributed by atoms with Crippen LogP contribution in [0.15, 0.2) is 18.2 Å². The summed E-state index contributed by atoms with van der Waals surface area (Å²) in [6.45, 7) is 3.06. The smallest absolute Gasteiger partial charge is 0.274 e. The van der Waals surface area contributed by atoms with Crippen LogP contribution in [-0.2, 0) is 24.2 Å². The van der Waals surface area contributed by atoms with Crippen LogP contribution in [0.4, 0.5) is 14.6 Å². The van der Waals surface area contributed by atoms with Gasteiger partial charge in [-0.3, -0.25) is 0 Å². The molecule has 0 unspecified atom stereocenters. The molecule has 164 valence electrons. The zero-order valence-corrected chi connectivity index (χ0v) is 17.5. The van der Waals surface area contributed by atoms with E-state index in [-0.39, 0.29) is 17.7 Å². The molecule has 0 saturated carbocycles. The van der Waals surface area contributed by atoms with Gasteiger partial charge in [0.05, 0.1) is 13.2 Å². The molecule has 3 heterocycles. The molecule has 2 aromatic rings. The second-order valence-corrected chi connectivity index (χ2v) is 8.63. The summed E-state index contributed by atoms with van der Waals surface area (Å²) >= 11 is 0. The van der Waals surface area contributed by atoms with Crippen molar-refractivity contribution in [3.05, 3.63) is 40.5 Å². The predicted octanol–water partition coefficient (Wildman–Crippen LogP) is 3.98. The Morgan fingerprint density at radius 2 is 1.97 bits per heavy atom. The van der Waals surface area contributed by atoms with E-state index in [1.54, 1.807) is 12.1 Å². The highest BCUT2D eigenvalue weighted by molar-refractivity contribution is 5.82. The van der Waals surface area contributed by atoms with Crippen LogP contribution in [-0.4, -0.2) is 53.0 Å². The Morgan fingerprint density at radius 3 is 2.77 bits per heavy atom. The van der Waals surface area contributed by atoms with E-state index in [1.807, 2.05) is 0 Å². The first-order valence-corrected chi connectivity index (χ1v) is 10.8. The number of aromatic nitrogens is 2. The third-order valence-corrected chi connectivity index (χ3v) is 6.61. The highest BCUT2D eigenvalue weighted by Gasteiger charge is 2.29. The van der Waals surface area contributed by atoms with Gasteiger partial charge >= 0.3 is 0 Å². The Kier molecular flexibility index (Phi) is 5.35. The number of nitrogens with zero attached hydrogens (tertiary/aromatic N) is 3. The van der Waals surface area contributed by atoms with E-state index in [9.17, 15) is 13.9 Å². The van der Waals surface area contributed by atoms with Crippen LogP contribution in [0.2, 0.25) is 0 Å². The number of rotatable bonds is 3. The van der Waals surface area contributed by atoms with Crippen molar-refractivity contribution in [3.8, 4) is 17.0 Å². The number of likely N-dealkylation sites (tertiary alicyclic amines) is 1. The summed E-state index contributed by atoms with van der Waals surface area (Å²) in [5.74, 6) is 0.774. The maximum Gasteiger partial charge on any atom is 0.274 e. The largest absolute Gasteiger partial charge is 0.507 e. The van der Waals surface area contributed by atoms with Gasteiger partial charge in [0.25, 0.3) is 6.08 Å². The first-order chi connectivity index (χ1) is 15.0. The zero-order chi connectivity index (χ0) is 21.5. The fourth-order valence-electron chi connectivity index (χ4n) is 5.03. The molecule has 6 nitrogen and oxygen atoms in total. The minimum atomic E-state index is -1.68. The zero-order valence-electron chi connectivity index (χ0n) is 17.5. The van der Waals surface area contributed by atoms with E-state index in [0.29, 0.717) is 54.5 Å². The molecular weight excluding hydrogens is 402 g/mol. The van der Waals surface area contributed by atoms with Gasteiger partial charge < -0.3 is 20.1 Å². The van der Waals surface area contributed by atoms with Crippen molar-refractivity contribution < 1.29 is 18.6 Å². The SMILES string of the molecule is CN1CCC[C@@H](Nc2nnc(-c3ccc4c(c3O)CCC4=C(F)F)c3c2COCC3)C1. The number of nitrogens with one attached hydrogen (secondary N) is 1. The van der Waals surface area contributed by atoms with Crippen molar-refractivity contribution >= 4 is 11.4 Å². The van der Waals surface area contributed by atoms with Gasteiger partial charge in [-0.1, -0.05) is 6.07 Å². The van der Waals surface area contributed by atoms with Crippen LogP contribution in [0.25, 0.3) is 16.8 Å². The van der Waals surface area contributed by atoms with Crippen molar-refractivity contribution in [2.75, 3.05) is 32.1 Å². The molecule has 3 aliphatic rings. The molecule has 0 spiro atoms. The summed E-state index contributed by atoms with van der Waals surface area (Å²) in [5.41, 5.74) is 4.17. The molecule has 1 saturated heterocycles. The average Bonchev–Trinajstić information content (AvgIpc) is 3.20. The molecule has 1 aromatic heterocycles. The van der Waals surface area contributed by atoms with Crippen LogP contribution in [0, 0.1) is 0 Å². The lowest BCUT2D eigenvalue weighted by molar-refractivity contribution is 0.111. The lowest BCUT2D eigenvalue weighted by Crippen LogP contribution is -2.40. The third kappa shape index (κ3) is 3.68. The Balaban J connectivity index is 1.53. The van der Waals surface area contributed by atoms with Crippen LogP contribution in [0.3, 0.4) is 0 Å². The van der Waals surface area contributed by atoms with E-state index in [2.05, 4.69) is 27.5 Å². The highest BCUT2D eigenvalue weighted by atomic mass is 19.3. The molecule has 5 rings (SSSR count). The van der Waals surface area contributed by atoms with Crippen LogP contribution < -0.4 is 5.32 Å². The monoisotopic (exact) mass is 428 g/mol. The van der Waals surface area contributed by atoms with Crippen LogP contribution >= 0.6 is 0 Å². The summed E-state index contributed by atoms with van der Waals surface area (Å²) in [4.78, 5) is 2.30. The quantitative estimate of drug-likeness (QED) is 0.771. The molecule has 0 bridgehead atoms. The number of anilines is 1. The minimum Gasteiger partial charge on any atom is -0.507 e. The van der Waals surface area contributed by atoms with Crippen molar-refractivity contribution in [1.29, 1.82) is 0 Å². The van der Waals surface area contributed by atoms with Crippen LogP contribution in [0.1, 0.15) is 41.5 Å². The topological polar surface area (TPSA) is 70.5 Å². The van der Waals surface area contributed by atoms with Gasteiger partial charge in [0.1, 0.15) is 11.4 Å². The van der Waals surface area contributed by atoms with Gasteiger partial charge in [-0.05, 0) is 62.9 Å². The number of allylic oxidation sites excluding steroid dienone is 1. The molecule has 8 heteroatoms. The van der Waals surface area contributed by atoms with E-state index >= 15 is 0 Å². The molecule has 2 aliphatic heterocycles. The lowest BCUT2D eigenvalue weighted by Gasteiger charge is -2.31. The van der Waals surface area contributed by atoms with Gasteiger partial charge in [-0.2, -0.15) is 8.78 Å². The Bertz CT molecular complexity index is 1050. The fourth-order valence-corrected chi connectivity index (χ4v) is 5.03. The number of aromatic hydroxyl groups is 1. The first kappa shape index (κ1) is 20.3. The van der Waals surface area contributed by atoms with Gasteiger partial charge in [-0.25, -0.2) is 0 Å². The van der Waals surface area contributed by atoms with Gasteiger partial charge in [-0.15, -0.1) is 10.2 Å². The minimum absolute atomic E-state index is 0.0235. The molecule has 1 atom stereocenters. The second kappa shape index (κ2) is 8.16. The summed E-state index contributed by atoms with van der Waals surface area (Å²) < 4.78 is 32.1. The predicted molar refractivity (Wildman–Crippen MR) is 114 cm³/mol. The molecule has 0 radical (unpaired) electrons. The number of phenolic OH excluding ortho intramolecular Hbond substituents is 1. The molecule has 1 aromatic carbocycles. The van der Waals surface area contributed by atoms with Gasteiger partial charge in [0.15, 0.2) is 5.82 Å². The number of benzene rings is 1. The maximum atomic E-state index is 13.2. The van der Waals surface area contributed by atoms with Crippen molar-refractivity contribution in [1.82, 2.24) is 15.1 Å². The fraction of sp³-hybridized carbons (Fsp3) is 0.478. The van der Waals surface area contributed by atoms with E-state index in [4.69, 9.17) is 4.74 Å². The third-order valence-electron chi connectivity index (χ3n) is 6.61. The Morgan fingerprint density at radius 1 is 1.13 bits per heavy atom. The molecule has 2 N–H and O–H groups in total. The number of piperidine rings is 1. The molecule has 1 fully saturated rings. The van der Waals surface area contributed by atoms with E-state index in [1.165, 1.54) is 0 Å². The van der Waals surface area contributed by atoms with Crippen molar-refractivity contribution in [2.24, 2.45) is 0 Å². The second-order valence-electron chi connectivity index (χ2n) is 8.63. The number of halogens is 2. The van der Waals surface area contributed by atoms with Gasteiger partial charge in [0, 0.05) is 34.9 Å². The number of fused-ring (bicyclic) bond motifs is 2. The number of ether oxygens (including phenoxy) is 1.